The van der Waals surface area contributed by atoms with E-state index in [2.05, 4.69) is 76.2 Å². The van der Waals surface area contributed by atoms with Crippen LogP contribution < -0.4 is 9.47 Å². The summed E-state index contributed by atoms with van der Waals surface area (Å²) in [6.45, 7) is 21.7. The quantitative estimate of drug-likeness (QED) is 0.123. The maximum Gasteiger partial charge on any atom is 0.220 e. The number of nitrogens with zero attached hydrogens (tertiary/aromatic N) is 18. The van der Waals surface area contributed by atoms with Gasteiger partial charge in [0.2, 0.25) is 11.8 Å². The van der Waals surface area contributed by atoms with Crippen molar-refractivity contribution in [3.63, 3.8) is 0 Å². The van der Waals surface area contributed by atoms with Crippen molar-refractivity contribution in [1.82, 2.24) is 69.9 Å². The molecule has 0 N–H and O–H groups in total. The Labute approximate surface area is 796 Å². The average Bonchev–Trinajstić information content (AvgIpc) is 1.33. The highest BCUT2D eigenvalue weighted by atomic mass is 32.1. The van der Waals surface area contributed by atoms with Crippen molar-refractivity contribution in [2.24, 2.45) is 47.3 Å². The van der Waals surface area contributed by atoms with Gasteiger partial charge >= 0.3 is 0 Å². The zero-order valence-electron chi connectivity index (χ0n) is 78.1. The van der Waals surface area contributed by atoms with Gasteiger partial charge in [0.1, 0.15) is 70.8 Å². The van der Waals surface area contributed by atoms with E-state index in [1.54, 1.807) is 54.9 Å². The van der Waals surface area contributed by atoms with Gasteiger partial charge in [-0.1, -0.05) is 152 Å². The summed E-state index contributed by atoms with van der Waals surface area (Å²) in [5, 5.41) is 48.5. The van der Waals surface area contributed by atoms with E-state index in [-0.39, 0.29) is 111 Å². The fraction of sp³-hybridized carbons (Fsp3) is 0.364. The number of aromatic nitrogens is 14. The number of fused-ring (bicyclic) bond motifs is 15. The van der Waals surface area contributed by atoms with Gasteiger partial charge in [-0.2, -0.15) is 31.0 Å². The molecule has 12 atom stereocenters. The zero-order valence-corrected chi connectivity index (χ0v) is 78.9. The number of ketones is 4. The number of Topliss-reactive ketones (excluding diaryl/α,β-unsaturated/α-hetero) is 4. The first-order chi connectivity index (χ1) is 66.1. The Kier molecular flexibility index (Phi) is 23.4. The largest absolute Gasteiger partial charge is 0.474 e. The van der Waals surface area contributed by atoms with E-state index in [4.69, 9.17) is 58.9 Å². The molecule has 27 heteroatoms. The topological polar surface area (TPSA) is 375 Å². The van der Waals surface area contributed by atoms with Gasteiger partial charge in [-0.25, -0.2) is 49.2 Å². The molecule has 10 aliphatic rings. The first-order valence-corrected chi connectivity index (χ1v) is 48.2. The van der Waals surface area contributed by atoms with E-state index in [1.807, 2.05) is 151 Å². The van der Waals surface area contributed by atoms with Crippen LogP contribution in [0.25, 0.3) is 100 Å². The monoisotopic (exact) mass is 1830 g/mol. The molecule has 9 heterocycles. The molecule has 2 fully saturated rings. The van der Waals surface area contributed by atoms with Gasteiger partial charge in [0.05, 0.1) is 78.6 Å². The van der Waals surface area contributed by atoms with Gasteiger partial charge in [0.15, 0.2) is 46.4 Å². The number of ether oxygens (including phenoxy) is 2. The van der Waals surface area contributed by atoms with Crippen LogP contribution in [0.2, 0.25) is 0 Å². The summed E-state index contributed by atoms with van der Waals surface area (Å²) in [4.78, 5) is 114. The predicted molar refractivity (Wildman–Crippen MR) is 514 cm³/mol. The minimum absolute atomic E-state index is 0.0181. The second-order valence-electron chi connectivity index (χ2n) is 39.0. The number of halogens is 1. The van der Waals surface area contributed by atoms with Crippen molar-refractivity contribution in [3.05, 3.63) is 248 Å². The molecular formula is C110H99FN18O7S. The molecule has 0 saturated heterocycles. The SMILES string of the molecule is C[C@H]1C(=O)C(C#N)=C[C@@]2(C)c3nc(-c4ccnc5ccccc45)nc(-c4nccs4)c3CC[C@H]12.C[C@H]1C(=O)C(C#N)=C[C@@]2(C)c3nc(-c4ncnc5ccccc45)nc(OC4CCC4)c3CC[C@H]12.Cc1cc(-c2nc(OC3CCCC3)c3c(n2)[C@]2(C)C=C(C#N)C(=O)[C@H](C)[C@H]2CC3)c2ccccc2n1.Cc1noc(C)c1-c1nc(-c2ccccc2F)c2c(n1)[C@]1(C)C=C(C#N)C(=O)[C@H](C)[C@H]1CC2. The first-order valence-electron chi connectivity index (χ1n) is 47.3. The molecule has 13 aromatic rings. The molecular weight excluding hydrogens is 1740 g/mol. The van der Waals surface area contributed by atoms with Crippen molar-refractivity contribution in [2.45, 2.75) is 206 Å². The average molecular weight is 1840 g/mol. The Morgan fingerprint density at radius 1 is 0.416 bits per heavy atom. The third kappa shape index (κ3) is 15.5. The summed E-state index contributed by atoms with van der Waals surface area (Å²) in [5.74, 6) is 2.46. The maximum absolute atomic E-state index is 14.9. The molecule has 0 aliphatic heterocycles. The van der Waals surface area contributed by atoms with Gasteiger partial charge in [-0.3, -0.25) is 29.1 Å². The lowest BCUT2D eigenvalue weighted by Gasteiger charge is -2.45. The number of aryl methyl sites for hydroxylation is 3. The number of pyridine rings is 2. The molecule has 25 nitrogen and oxygen atoms in total. The van der Waals surface area contributed by atoms with Crippen LogP contribution in [0.3, 0.4) is 0 Å². The van der Waals surface area contributed by atoms with Crippen LogP contribution in [0.15, 0.2) is 184 Å². The van der Waals surface area contributed by atoms with Crippen molar-refractivity contribution < 1.29 is 37.6 Å². The molecule has 684 valence electrons. The number of carbonyl (C=O) groups is 4. The van der Waals surface area contributed by atoms with Crippen molar-refractivity contribution in [2.75, 3.05) is 0 Å². The van der Waals surface area contributed by atoms with E-state index in [9.17, 15) is 44.6 Å². The Morgan fingerprint density at radius 3 is 1.34 bits per heavy atom. The lowest BCUT2D eigenvalue weighted by atomic mass is 9.57. The Balaban J connectivity index is 0.000000113. The van der Waals surface area contributed by atoms with E-state index < -0.39 is 21.7 Å². The van der Waals surface area contributed by atoms with E-state index >= 15 is 0 Å². The number of hydrogen-bond acceptors (Lipinski definition) is 26. The number of hydrogen-bond donors (Lipinski definition) is 0. The number of rotatable bonds is 10. The summed E-state index contributed by atoms with van der Waals surface area (Å²) in [6, 6.07) is 42.9. The van der Waals surface area contributed by atoms with E-state index in [0.717, 1.165) is 182 Å². The highest BCUT2D eigenvalue weighted by molar-refractivity contribution is 7.13. The van der Waals surface area contributed by atoms with Crippen LogP contribution in [0.1, 0.15) is 188 Å². The Bertz CT molecular complexity index is 7520. The fourth-order valence-electron chi connectivity index (χ4n) is 23.7. The maximum atomic E-state index is 14.9. The second-order valence-corrected chi connectivity index (χ2v) is 39.9. The van der Waals surface area contributed by atoms with E-state index in [1.165, 1.54) is 25.2 Å². The Morgan fingerprint density at radius 2 is 0.847 bits per heavy atom. The predicted octanol–water partition coefficient (Wildman–Crippen LogP) is 20.7. The van der Waals surface area contributed by atoms with Crippen LogP contribution in [0.5, 0.6) is 11.8 Å². The number of carbonyl (C=O) groups excluding carboxylic acids is 4. The lowest BCUT2D eigenvalue weighted by Crippen LogP contribution is -2.46. The third-order valence-corrected chi connectivity index (χ3v) is 31.7. The highest BCUT2D eigenvalue weighted by Crippen LogP contribution is 2.57. The lowest BCUT2D eigenvalue weighted by molar-refractivity contribution is -0.122. The Hall–Kier alpha value is -14.7. The molecule has 0 bridgehead atoms. The van der Waals surface area contributed by atoms with Gasteiger partial charge < -0.3 is 14.0 Å². The molecule has 0 radical (unpaired) electrons. The highest BCUT2D eigenvalue weighted by Gasteiger charge is 2.55. The minimum Gasteiger partial charge on any atom is -0.474 e. The number of allylic oxidation sites excluding steroid dienone is 8. The van der Waals surface area contributed by atoms with Crippen molar-refractivity contribution in [3.8, 4) is 104 Å². The minimum atomic E-state index is -0.664. The standard InChI is InChI=1S/C30H30N4O2.C27H25N5O2.C27H21N5OS.C26H23FN4O2/c1-17-14-23(21-10-6-7-11-25(21)32-17)28-33-27-22(29(34-28)36-20-8-4-5-9-20)12-13-24-18(2)26(35)19(16-31)15-30(24,27)3;1-15-20-11-10-19-24(27(20,2)12-16(13-28)23(15)33)31-25(32-26(19)34-17-6-5-7-17)22-18-8-3-4-9-21(18)29-14-30-22;1-15-20-8-7-19-22(26-30-11-12-34-26)31-25(18-9-10-29-21-6-4-3-5-17(18)21)32-24(19)27(20,2)13-16(14-28)23(15)33;1-13-19-10-9-18-22(17-7-5-6-8-20(17)27)29-25(21-14(2)31-33-15(21)3)30-24(18)26(19,4)11-16(12-28)23(13)32/h6-7,10-11,14-15,18,20,24H,4-5,8-9,12-13H2,1-3H3;3-4,8-9,12,14-15,17,20H,5-7,10-11H2,1-2H3;3-6,9-13,15,20H,7-8H2,1-2H3;5-8,11,13,19H,9-10H2,1-4H3/t18-,24-,30-;2*15-,20-,27-;13-,19-,26-/m1111/s1. The number of thiazole rings is 1. The summed E-state index contributed by atoms with van der Waals surface area (Å²) in [6.07, 6.45) is 26.5. The van der Waals surface area contributed by atoms with Gasteiger partial charge in [-0.05, 0) is 183 Å². The summed E-state index contributed by atoms with van der Waals surface area (Å²) in [5.41, 5.74) is 14.9. The zero-order chi connectivity index (χ0) is 95.4. The smallest absolute Gasteiger partial charge is 0.220 e. The molecule has 0 amide bonds. The van der Waals surface area contributed by atoms with Crippen LogP contribution in [0, 0.1) is 119 Å². The van der Waals surface area contributed by atoms with Crippen LogP contribution >= 0.6 is 11.3 Å². The van der Waals surface area contributed by atoms with E-state index in [0.29, 0.717) is 75.4 Å². The molecule has 9 aromatic heterocycles. The van der Waals surface area contributed by atoms with Crippen LogP contribution in [-0.4, -0.2) is 105 Å². The molecule has 0 unspecified atom stereocenters. The number of nitriles is 4. The fourth-order valence-corrected chi connectivity index (χ4v) is 24.3. The number of para-hydroxylation sites is 3. The first kappa shape index (κ1) is 90.2. The molecule has 10 aliphatic carbocycles. The van der Waals surface area contributed by atoms with Crippen molar-refractivity contribution in [1.29, 1.82) is 21.0 Å². The molecule has 0 spiro atoms. The summed E-state index contributed by atoms with van der Waals surface area (Å²) in [7, 11) is 0. The molecule has 2 saturated carbocycles. The number of benzene rings is 4. The third-order valence-electron chi connectivity index (χ3n) is 30.9. The van der Waals surface area contributed by atoms with Crippen LogP contribution in [-0.2, 0) is 66.5 Å². The molecule has 4 aromatic carbocycles. The molecule has 23 rings (SSSR count). The van der Waals surface area contributed by atoms with Gasteiger partial charge in [0, 0.05) is 124 Å². The molecule has 137 heavy (non-hydrogen) atoms. The van der Waals surface area contributed by atoms with Crippen LogP contribution in [0.4, 0.5) is 4.39 Å². The normalized spacial score (nSPS) is 24.9. The van der Waals surface area contributed by atoms with Gasteiger partial charge in [-0.15, -0.1) is 11.3 Å². The summed E-state index contributed by atoms with van der Waals surface area (Å²) < 4.78 is 33.3. The summed E-state index contributed by atoms with van der Waals surface area (Å²) >= 11 is 1.56. The van der Waals surface area contributed by atoms with Gasteiger partial charge in [0.25, 0.3) is 0 Å². The second kappa shape index (κ2) is 35.5. The van der Waals surface area contributed by atoms with Crippen molar-refractivity contribution >= 4 is 67.2 Å².